The van der Waals surface area contributed by atoms with Gasteiger partial charge in [-0.3, -0.25) is 14.2 Å². The molecule has 0 aliphatic carbocycles. The molecular formula is C15H14N4O2. The van der Waals surface area contributed by atoms with Gasteiger partial charge in [-0.1, -0.05) is 6.07 Å². The number of hydrogen-bond acceptors (Lipinski definition) is 5. The molecule has 0 atom stereocenters. The van der Waals surface area contributed by atoms with Gasteiger partial charge in [0.1, 0.15) is 0 Å². The summed E-state index contributed by atoms with van der Waals surface area (Å²) in [5.74, 6) is -0.0105. The molecule has 3 aromatic heterocycles. The van der Waals surface area contributed by atoms with Crippen LogP contribution >= 0.6 is 0 Å². The van der Waals surface area contributed by atoms with Crippen LogP contribution < -0.4 is 10.9 Å². The minimum Gasteiger partial charge on any atom is -0.504 e. The van der Waals surface area contributed by atoms with Crippen molar-refractivity contribution in [2.24, 2.45) is 0 Å². The van der Waals surface area contributed by atoms with Crippen molar-refractivity contribution in [3.8, 4) is 5.75 Å². The molecule has 0 radical (unpaired) electrons. The van der Waals surface area contributed by atoms with Crippen molar-refractivity contribution in [1.29, 1.82) is 0 Å². The molecule has 3 heterocycles. The van der Waals surface area contributed by atoms with Crippen molar-refractivity contribution in [3.63, 3.8) is 0 Å². The van der Waals surface area contributed by atoms with Crippen LogP contribution in [0.1, 0.15) is 11.3 Å². The second kappa shape index (κ2) is 5.72. The third kappa shape index (κ3) is 2.90. The van der Waals surface area contributed by atoms with E-state index in [1.807, 2.05) is 12.1 Å². The molecule has 0 saturated heterocycles. The lowest BCUT2D eigenvalue weighted by molar-refractivity contribution is 0.476. The zero-order valence-electron chi connectivity index (χ0n) is 11.2. The zero-order chi connectivity index (χ0) is 14.7. The van der Waals surface area contributed by atoms with Crippen LogP contribution in [0.25, 0.3) is 5.65 Å². The predicted octanol–water partition coefficient (Wildman–Crippen LogP) is 1.08. The van der Waals surface area contributed by atoms with Gasteiger partial charge in [0.25, 0.3) is 5.56 Å². The fourth-order valence-electron chi connectivity index (χ4n) is 2.09. The molecule has 0 aromatic carbocycles. The van der Waals surface area contributed by atoms with Gasteiger partial charge in [0.15, 0.2) is 11.4 Å². The summed E-state index contributed by atoms with van der Waals surface area (Å²) in [5, 5.41) is 13.0. The van der Waals surface area contributed by atoms with Gasteiger partial charge in [0.05, 0.1) is 5.69 Å². The quantitative estimate of drug-likeness (QED) is 0.748. The average molecular weight is 282 g/mol. The summed E-state index contributed by atoms with van der Waals surface area (Å²) < 4.78 is 1.32. The average Bonchev–Trinajstić information content (AvgIpc) is 2.50. The summed E-state index contributed by atoms with van der Waals surface area (Å²) in [7, 11) is 0. The van der Waals surface area contributed by atoms with Crippen LogP contribution in [0.4, 0.5) is 0 Å². The molecule has 6 heteroatoms. The van der Waals surface area contributed by atoms with Crippen LogP contribution in [-0.4, -0.2) is 19.5 Å². The summed E-state index contributed by atoms with van der Waals surface area (Å²) in [6.07, 6.45) is 5.08. The van der Waals surface area contributed by atoms with Crippen molar-refractivity contribution in [2.45, 2.75) is 13.1 Å². The maximum atomic E-state index is 12.0. The topological polar surface area (TPSA) is 79.5 Å². The van der Waals surface area contributed by atoms with Gasteiger partial charge in [-0.25, -0.2) is 4.98 Å². The molecule has 0 amide bonds. The molecule has 0 bridgehead atoms. The molecule has 0 aliphatic heterocycles. The fraction of sp³-hybridized carbons (Fsp3) is 0.133. The first-order valence-corrected chi connectivity index (χ1v) is 6.54. The molecule has 0 spiro atoms. The van der Waals surface area contributed by atoms with E-state index in [4.69, 9.17) is 0 Å². The zero-order valence-corrected chi connectivity index (χ0v) is 11.2. The molecule has 3 aromatic rings. The lowest BCUT2D eigenvalue weighted by Gasteiger charge is -2.06. The smallest absolute Gasteiger partial charge is 0.258 e. The third-order valence-corrected chi connectivity index (χ3v) is 3.08. The van der Waals surface area contributed by atoms with Gasteiger partial charge in [0, 0.05) is 37.7 Å². The third-order valence-electron chi connectivity index (χ3n) is 3.08. The van der Waals surface area contributed by atoms with E-state index < -0.39 is 0 Å². The van der Waals surface area contributed by atoms with Gasteiger partial charge >= 0.3 is 0 Å². The lowest BCUT2D eigenvalue weighted by atomic mass is 10.3. The predicted molar refractivity (Wildman–Crippen MR) is 77.9 cm³/mol. The Morgan fingerprint density at radius 1 is 1.24 bits per heavy atom. The number of pyridine rings is 2. The van der Waals surface area contributed by atoms with Crippen LogP contribution in [0.15, 0.2) is 53.7 Å². The Kier molecular flexibility index (Phi) is 3.61. The molecule has 0 saturated carbocycles. The van der Waals surface area contributed by atoms with Crippen LogP contribution in [0.5, 0.6) is 5.75 Å². The molecule has 0 fully saturated rings. The summed E-state index contributed by atoms with van der Waals surface area (Å²) >= 11 is 0. The van der Waals surface area contributed by atoms with Gasteiger partial charge in [-0.15, -0.1) is 0 Å². The van der Waals surface area contributed by atoms with E-state index in [9.17, 15) is 9.90 Å². The van der Waals surface area contributed by atoms with E-state index >= 15 is 0 Å². The van der Waals surface area contributed by atoms with E-state index in [-0.39, 0.29) is 17.0 Å². The Morgan fingerprint density at radius 2 is 2.14 bits per heavy atom. The van der Waals surface area contributed by atoms with E-state index in [0.29, 0.717) is 18.8 Å². The maximum absolute atomic E-state index is 12.0. The molecule has 0 aliphatic rings. The van der Waals surface area contributed by atoms with Crippen LogP contribution in [0, 0.1) is 0 Å². The molecule has 0 unspecified atom stereocenters. The van der Waals surface area contributed by atoms with Gasteiger partial charge in [0.2, 0.25) is 0 Å². The first kappa shape index (κ1) is 13.3. The molecule has 3 rings (SSSR count). The van der Waals surface area contributed by atoms with Crippen LogP contribution in [0.3, 0.4) is 0 Å². The summed E-state index contributed by atoms with van der Waals surface area (Å²) in [5.41, 5.74) is 1.69. The Morgan fingerprint density at radius 3 is 2.95 bits per heavy atom. The number of hydrogen-bond donors (Lipinski definition) is 2. The maximum Gasteiger partial charge on any atom is 0.258 e. The van der Waals surface area contributed by atoms with Crippen molar-refractivity contribution in [2.75, 3.05) is 0 Å². The SMILES string of the molecule is O=c1cc(CNCc2cccnc2)nc2c(O)cccn12. The fourth-order valence-corrected chi connectivity index (χ4v) is 2.09. The Labute approximate surface area is 120 Å². The standard InChI is InChI=1S/C15H14N4O2/c20-13-4-2-6-19-14(21)7-12(18-15(13)19)10-17-9-11-3-1-5-16-8-11/h1-8,17,20H,9-10H2. The second-order valence-corrected chi connectivity index (χ2v) is 4.64. The largest absolute Gasteiger partial charge is 0.504 e. The second-order valence-electron chi connectivity index (χ2n) is 4.64. The van der Waals surface area contributed by atoms with E-state index in [2.05, 4.69) is 15.3 Å². The molecular weight excluding hydrogens is 268 g/mol. The summed E-state index contributed by atoms with van der Waals surface area (Å²) in [4.78, 5) is 20.3. The van der Waals surface area contributed by atoms with E-state index in [0.717, 1.165) is 5.56 Å². The minimum absolute atomic E-state index is 0.0105. The number of nitrogens with zero attached hydrogens (tertiary/aromatic N) is 3. The van der Waals surface area contributed by atoms with Crippen molar-refractivity contribution < 1.29 is 5.11 Å². The highest BCUT2D eigenvalue weighted by Gasteiger charge is 2.05. The Bertz CT molecular complexity index is 815. The normalized spacial score (nSPS) is 10.9. The number of fused-ring (bicyclic) bond motifs is 1. The van der Waals surface area contributed by atoms with Crippen molar-refractivity contribution >= 4 is 5.65 Å². The lowest BCUT2D eigenvalue weighted by Crippen LogP contribution is -2.19. The summed E-state index contributed by atoms with van der Waals surface area (Å²) in [6.45, 7) is 1.07. The monoisotopic (exact) mass is 282 g/mol. The molecule has 106 valence electrons. The van der Waals surface area contributed by atoms with Crippen molar-refractivity contribution in [1.82, 2.24) is 19.7 Å². The first-order valence-electron chi connectivity index (χ1n) is 6.54. The van der Waals surface area contributed by atoms with Crippen LogP contribution in [0.2, 0.25) is 0 Å². The number of nitrogens with one attached hydrogen (secondary N) is 1. The Balaban J connectivity index is 1.79. The number of rotatable bonds is 4. The van der Waals surface area contributed by atoms with Gasteiger partial charge < -0.3 is 10.4 Å². The molecule has 21 heavy (non-hydrogen) atoms. The number of aromatic hydroxyl groups is 1. The van der Waals surface area contributed by atoms with Gasteiger partial charge in [-0.05, 0) is 23.8 Å². The van der Waals surface area contributed by atoms with E-state index in [1.54, 1.807) is 24.7 Å². The van der Waals surface area contributed by atoms with Gasteiger partial charge in [-0.2, -0.15) is 0 Å². The minimum atomic E-state index is -0.214. The summed E-state index contributed by atoms with van der Waals surface area (Å²) in [6, 6.07) is 8.41. The van der Waals surface area contributed by atoms with Crippen molar-refractivity contribution in [3.05, 3.63) is 70.5 Å². The molecule has 2 N–H and O–H groups in total. The Hall–Kier alpha value is -2.73. The highest BCUT2D eigenvalue weighted by atomic mass is 16.3. The highest BCUT2D eigenvalue weighted by molar-refractivity contribution is 5.52. The molecule has 6 nitrogen and oxygen atoms in total. The van der Waals surface area contributed by atoms with Crippen LogP contribution in [-0.2, 0) is 13.1 Å². The van der Waals surface area contributed by atoms with E-state index in [1.165, 1.54) is 16.5 Å². The first-order chi connectivity index (χ1) is 10.2. The highest BCUT2D eigenvalue weighted by Crippen LogP contribution is 2.13. The number of aromatic nitrogens is 3.